The van der Waals surface area contributed by atoms with Crippen molar-refractivity contribution in [1.29, 1.82) is 5.26 Å². The molecule has 0 saturated carbocycles. The summed E-state index contributed by atoms with van der Waals surface area (Å²) in [5, 5.41) is 12.0. The van der Waals surface area contributed by atoms with Gasteiger partial charge in [0.1, 0.15) is 23.4 Å². The molecule has 10 heteroatoms. The van der Waals surface area contributed by atoms with Crippen LogP contribution in [0, 0.1) is 11.3 Å². The Hall–Kier alpha value is -3.00. The summed E-state index contributed by atoms with van der Waals surface area (Å²) >= 11 is 0. The third kappa shape index (κ3) is 4.59. The molecule has 0 spiro atoms. The standard InChI is InChI=1S/C17H22N8O2/c1-26-13-8-20-9-14(27-4-2-3-18)17(13)12-5-15(25-24-12)23-16-10-21-11(6-19)7-22-16/h7-10,12,15,24-25H,2-5,18H2,1H3,(H,22,23). The first-order valence-electron chi connectivity index (χ1n) is 8.59. The zero-order valence-corrected chi connectivity index (χ0v) is 15.0. The van der Waals surface area contributed by atoms with Gasteiger partial charge < -0.3 is 20.5 Å². The summed E-state index contributed by atoms with van der Waals surface area (Å²) in [4.78, 5) is 12.4. The zero-order chi connectivity index (χ0) is 19.1. The van der Waals surface area contributed by atoms with E-state index in [-0.39, 0.29) is 17.9 Å². The first-order valence-corrected chi connectivity index (χ1v) is 8.59. The van der Waals surface area contributed by atoms with E-state index in [0.29, 0.717) is 36.9 Å². The predicted octanol–water partition coefficient (Wildman–Crippen LogP) is 0.457. The molecule has 2 unspecified atom stereocenters. The largest absolute Gasteiger partial charge is 0.495 e. The van der Waals surface area contributed by atoms with Crippen molar-refractivity contribution in [2.24, 2.45) is 5.73 Å². The molecular formula is C17H22N8O2. The Morgan fingerprint density at radius 3 is 2.81 bits per heavy atom. The molecule has 0 amide bonds. The lowest BCUT2D eigenvalue weighted by Crippen LogP contribution is -2.36. The lowest BCUT2D eigenvalue weighted by molar-refractivity contribution is 0.300. The van der Waals surface area contributed by atoms with E-state index in [1.807, 2.05) is 6.07 Å². The van der Waals surface area contributed by atoms with Gasteiger partial charge in [-0.3, -0.25) is 4.98 Å². The first-order chi connectivity index (χ1) is 13.2. The summed E-state index contributed by atoms with van der Waals surface area (Å²) in [6.45, 7) is 1.08. The molecule has 3 heterocycles. The van der Waals surface area contributed by atoms with Crippen molar-refractivity contribution in [3.8, 4) is 17.6 Å². The number of pyridine rings is 1. The van der Waals surface area contributed by atoms with Crippen LogP contribution in [-0.2, 0) is 0 Å². The van der Waals surface area contributed by atoms with Gasteiger partial charge in [-0.15, -0.1) is 0 Å². The van der Waals surface area contributed by atoms with Gasteiger partial charge in [-0.2, -0.15) is 5.26 Å². The maximum absolute atomic E-state index is 8.80. The van der Waals surface area contributed by atoms with Crippen LogP contribution in [0.4, 0.5) is 5.82 Å². The summed E-state index contributed by atoms with van der Waals surface area (Å²) in [6.07, 6.45) is 7.68. The van der Waals surface area contributed by atoms with Crippen LogP contribution in [0.5, 0.6) is 11.5 Å². The number of methoxy groups -OCH3 is 1. The number of nitrogens with two attached hydrogens (primary N) is 1. The Bertz CT molecular complexity index is 793. The fraction of sp³-hybridized carbons (Fsp3) is 0.412. The van der Waals surface area contributed by atoms with Crippen molar-refractivity contribution < 1.29 is 9.47 Å². The number of hydrogen-bond donors (Lipinski definition) is 4. The van der Waals surface area contributed by atoms with Gasteiger partial charge in [-0.05, 0) is 13.0 Å². The van der Waals surface area contributed by atoms with Crippen molar-refractivity contribution in [2.75, 3.05) is 25.6 Å². The maximum atomic E-state index is 8.80. The molecule has 1 fully saturated rings. The molecule has 3 rings (SSSR count). The lowest BCUT2D eigenvalue weighted by Gasteiger charge is -2.18. The number of anilines is 1. The molecule has 1 aliphatic heterocycles. The summed E-state index contributed by atoms with van der Waals surface area (Å²) in [6, 6.07) is 1.89. The maximum Gasteiger partial charge on any atom is 0.158 e. The molecule has 0 radical (unpaired) electrons. The highest BCUT2D eigenvalue weighted by Crippen LogP contribution is 2.36. The van der Waals surface area contributed by atoms with Crippen molar-refractivity contribution in [2.45, 2.75) is 25.0 Å². The van der Waals surface area contributed by atoms with E-state index in [4.69, 9.17) is 20.5 Å². The SMILES string of the molecule is COc1cncc(OCCCN)c1C1CC(Nc2cnc(C#N)cn2)NN1. The van der Waals surface area contributed by atoms with Gasteiger partial charge in [-0.25, -0.2) is 20.8 Å². The Balaban J connectivity index is 1.70. The molecule has 142 valence electrons. The molecule has 0 aliphatic carbocycles. The molecular weight excluding hydrogens is 348 g/mol. The molecule has 2 aromatic rings. The minimum Gasteiger partial charge on any atom is -0.495 e. The van der Waals surface area contributed by atoms with E-state index in [9.17, 15) is 0 Å². The van der Waals surface area contributed by atoms with Gasteiger partial charge in [0.15, 0.2) is 5.69 Å². The topological polar surface area (TPSA) is 143 Å². The Morgan fingerprint density at radius 2 is 2.11 bits per heavy atom. The summed E-state index contributed by atoms with van der Waals surface area (Å²) < 4.78 is 11.3. The van der Waals surface area contributed by atoms with Crippen LogP contribution >= 0.6 is 0 Å². The Morgan fingerprint density at radius 1 is 1.26 bits per heavy atom. The third-order valence-corrected chi connectivity index (χ3v) is 4.08. The number of nitrogens with zero attached hydrogens (tertiary/aromatic N) is 4. The second-order valence-electron chi connectivity index (χ2n) is 5.92. The number of aromatic nitrogens is 3. The summed E-state index contributed by atoms with van der Waals surface area (Å²) in [5.41, 5.74) is 13.1. The van der Waals surface area contributed by atoms with Crippen molar-refractivity contribution >= 4 is 5.82 Å². The Labute approximate surface area is 157 Å². The van der Waals surface area contributed by atoms with Crippen molar-refractivity contribution in [3.63, 3.8) is 0 Å². The van der Waals surface area contributed by atoms with Gasteiger partial charge >= 0.3 is 0 Å². The molecule has 5 N–H and O–H groups in total. The van der Waals surface area contributed by atoms with E-state index in [1.165, 1.54) is 12.4 Å². The van der Waals surface area contributed by atoms with Gasteiger partial charge in [-0.1, -0.05) is 0 Å². The molecule has 2 atom stereocenters. The number of hydrogen-bond acceptors (Lipinski definition) is 10. The smallest absolute Gasteiger partial charge is 0.158 e. The quantitative estimate of drug-likeness (QED) is 0.484. The second-order valence-corrected chi connectivity index (χ2v) is 5.92. The first kappa shape index (κ1) is 18.8. The van der Waals surface area contributed by atoms with Crippen LogP contribution < -0.4 is 31.4 Å². The van der Waals surface area contributed by atoms with E-state index >= 15 is 0 Å². The second kappa shape index (κ2) is 9.09. The van der Waals surface area contributed by atoms with Crippen LogP contribution in [0.1, 0.15) is 30.1 Å². The molecule has 10 nitrogen and oxygen atoms in total. The van der Waals surface area contributed by atoms with Crippen molar-refractivity contribution in [3.05, 3.63) is 36.0 Å². The van der Waals surface area contributed by atoms with E-state index < -0.39 is 0 Å². The van der Waals surface area contributed by atoms with E-state index in [2.05, 4.69) is 31.1 Å². The summed E-state index contributed by atoms with van der Waals surface area (Å²) in [5.74, 6) is 1.90. The number of nitriles is 1. The van der Waals surface area contributed by atoms with Crippen molar-refractivity contribution in [1.82, 2.24) is 25.8 Å². The summed E-state index contributed by atoms with van der Waals surface area (Å²) in [7, 11) is 1.61. The normalized spacial score (nSPS) is 18.7. The van der Waals surface area contributed by atoms with E-state index in [0.717, 1.165) is 12.0 Å². The van der Waals surface area contributed by atoms with Crippen LogP contribution in [0.2, 0.25) is 0 Å². The van der Waals surface area contributed by atoms with Gasteiger partial charge in [0.2, 0.25) is 0 Å². The molecule has 2 aromatic heterocycles. The highest BCUT2D eigenvalue weighted by molar-refractivity contribution is 5.45. The van der Waals surface area contributed by atoms with Crippen LogP contribution in [-0.4, -0.2) is 41.4 Å². The molecule has 0 aromatic carbocycles. The van der Waals surface area contributed by atoms with E-state index in [1.54, 1.807) is 19.5 Å². The average Bonchev–Trinajstić information content (AvgIpc) is 3.16. The highest BCUT2D eigenvalue weighted by atomic mass is 16.5. The van der Waals surface area contributed by atoms with Crippen LogP contribution in [0.3, 0.4) is 0 Å². The zero-order valence-electron chi connectivity index (χ0n) is 15.0. The third-order valence-electron chi connectivity index (χ3n) is 4.08. The monoisotopic (exact) mass is 370 g/mol. The molecule has 1 aliphatic rings. The van der Waals surface area contributed by atoms with Crippen LogP contribution in [0.15, 0.2) is 24.8 Å². The number of rotatable bonds is 8. The minimum atomic E-state index is -0.0907. The fourth-order valence-electron chi connectivity index (χ4n) is 2.80. The lowest BCUT2D eigenvalue weighted by atomic mass is 10.0. The number of nitrogens with one attached hydrogen (secondary N) is 3. The Kier molecular flexibility index (Phi) is 6.32. The average molecular weight is 370 g/mol. The number of hydrazine groups is 1. The number of ether oxygens (including phenoxy) is 2. The van der Waals surface area contributed by atoms with Crippen LogP contribution in [0.25, 0.3) is 0 Å². The highest BCUT2D eigenvalue weighted by Gasteiger charge is 2.30. The fourth-order valence-corrected chi connectivity index (χ4v) is 2.80. The van der Waals surface area contributed by atoms with Gasteiger partial charge in [0.05, 0.1) is 56.3 Å². The minimum absolute atomic E-state index is 0.0559. The van der Waals surface area contributed by atoms with Gasteiger partial charge in [0, 0.05) is 6.42 Å². The molecule has 0 bridgehead atoms. The molecule has 27 heavy (non-hydrogen) atoms. The predicted molar refractivity (Wildman–Crippen MR) is 97.7 cm³/mol. The van der Waals surface area contributed by atoms with Gasteiger partial charge in [0.25, 0.3) is 0 Å². The molecule has 1 saturated heterocycles.